The molecule has 1 heterocycles. The van der Waals surface area contributed by atoms with Gasteiger partial charge in [0.05, 0.1) is 18.2 Å². The maximum Gasteiger partial charge on any atom is 0.353 e. The van der Waals surface area contributed by atoms with Crippen LogP contribution in [0.3, 0.4) is 0 Å². The topological polar surface area (TPSA) is 79.4 Å². The zero-order chi connectivity index (χ0) is 11.7. The lowest BCUT2D eigenvalue weighted by Crippen LogP contribution is -2.00. The summed E-state index contributed by atoms with van der Waals surface area (Å²) in [5, 5.41) is 9.48. The van der Waals surface area contributed by atoms with Gasteiger partial charge >= 0.3 is 5.97 Å². The van der Waals surface area contributed by atoms with Gasteiger partial charge < -0.3 is 14.8 Å². The van der Waals surface area contributed by atoms with Crippen molar-refractivity contribution in [1.29, 1.82) is 0 Å². The molecular formula is C11H9NO4. The van der Waals surface area contributed by atoms with E-state index in [-0.39, 0.29) is 11.3 Å². The van der Waals surface area contributed by atoms with Crippen LogP contribution in [-0.4, -0.2) is 29.5 Å². The molecule has 1 aromatic carbocycles. The molecule has 0 aliphatic rings. The van der Waals surface area contributed by atoms with Crippen LogP contribution in [0.15, 0.2) is 18.2 Å². The van der Waals surface area contributed by atoms with E-state index in [4.69, 9.17) is 9.84 Å². The lowest BCUT2D eigenvalue weighted by molar-refractivity contribution is 0.0688. The molecule has 0 unspecified atom stereocenters. The number of H-pyrrole nitrogens is 1. The molecule has 5 nitrogen and oxygen atoms in total. The van der Waals surface area contributed by atoms with Gasteiger partial charge in [0, 0.05) is 11.5 Å². The highest BCUT2D eigenvalue weighted by molar-refractivity contribution is 6.07. The number of hydrogen-bond acceptors (Lipinski definition) is 3. The summed E-state index contributed by atoms with van der Waals surface area (Å²) in [6.45, 7) is 0. The summed E-state index contributed by atoms with van der Waals surface area (Å²) in [7, 11) is 1.52. The fourth-order valence-corrected chi connectivity index (χ4v) is 1.62. The molecule has 0 saturated heterocycles. The number of ether oxygens (including phenoxy) is 1. The fourth-order valence-electron chi connectivity index (χ4n) is 1.62. The molecule has 0 atom stereocenters. The number of methoxy groups -OCH3 is 1. The summed E-state index contributed by atoms with van der Waals surface area (Å²) in [6, 6.07) is 4.98. The van der Waals surface area contributed by atoms with Gasteiger partial charge in [0.2, 0.25) is 0 Å². The third-order valence-electron chi connectivity index (χ3n) is 2.38. The number of carbonyl (C=O) groups is 2. The number of hydrogen-bond donors (Lipinski definition) is 2. The predicted molar refractivity (Wildman–Crippen MR) is 57.2 cm³/mol. The Morgan fingerprint density at radius 3 is 2.81 bits per heavy atom. The highest BCUT2D eigenvalue weighted by Crippen LogP contribution is 2.25. The normalized spacial score (nSPS) is 10.3. The molecule has 0 aliphatic heterocycles. The molecule has 16 heavy (non-hydrogen) atoms. The third kappa shape index (κ3) is 1.42. The van der Waals surface area contributed by atoms with E-state index in [2.05, 4.69) is 4.98 Å². The van der Waals surface area contributed by atoms with Crippen LogP contribution in [0.5, 0.6) is 5.75 Å². The quantitative estimate of drug-likeness (QED) is 0.770. The van der Waals surface area contributed by atoms with Gasteiger partial charge in [0.25, 0.3) is 0 Å². The second kappa shape index (κ2) is 3.69. The summed E-state index contributed by atoms with van der Waals surface area (Å²) >= 11 is 0. The second-order valence-corrected chi connectivity index (χ2v) is 3.25. The molecule has 1 aromatic heterocycles. The van der Waals surface area contributed by atoms with Gasteiger partial charge in [-0.25, -0.2) is 4.79 Å². The number of aldehydes is 1. The first-order chi connectivity index (χ1) is 7.67. The Bertz CT molecular complexity index is 571. The molecule has 0 amide bonds. The summed E-state index contributed by atoms with van der Waals surface area (Å²) in [6.07, 6.45) is 0.536. The molecule has 82 valence electrons. The summed E-state index contributed by atoms with van der Waals surface area (Å²) in [5.74, 6) is -0.555. The predicted octanol–water partition coefficient (Wildman–Crippen LogP) is 1.69. The third-order valence-corrected chi connectivity index (χ3v) is 2.38. The summed E-state index contributed by atoms with van der Waals surface area (Å²) < 4.78 is 5.01. The molecule has 2 N–H and O–H groups in total. The number of nitrogens with one attached hydrogen (secondary N) is 1. The van der Waals surface area contributed by atoms with E-state index in [0.717, 1.165) is 0 Å². The number of fused-ring (bicyclic) bond motifs is 1. The van der Waals surface area contributed by atoms with Crippen LogP contribution >= 0.6 is 0 Å². The molecular weight excluding hydrogens is 210 g/mol. The van der Waals surface area contributed by atoms with Crippen molar-refractivity contribution in [3.05, 3.63) is 29.5 Å². The zero-order valence-electron chi connectivity index (χ0n) is 8.48. The van der Waals surface area contributed by atoms with Crippen molar-refractivity contribution in [2.45, 2.75) is 0 Å². The average Bonchev–Trinajstić information content (AvgIpc) is 2.66. The van der Waals surface area contributed by atoms with Crippen LogP contribution in [0.25, 0.3) is 10.9 Å². The van der Waals surface area contributed by atoms with Crippen molar-refractivity contribution in [2.75, 3.05) is 7.11 Å². The van der Waals surface area contributed by atoms with Crippen molar-refractivity contribution in [2.24, 2.45) is 0 Å². The summed E-state index contributed by atoms with van der Waals surface area (Å²) in [4.78, 5) is 24.4. The van der Waals surface area contributed by atoms with Gasteiger partial charge in [0.1, 0.15) is 11.4 Å². The van der Waals surface area contributed by atoms with E-state index in [0.29, 0.717) is 22.9 Å². The van der Waals surface area contributed by atoms with Crippen LogP contribution in [-0.2, 0) is 0 Å². The van der Waals surface area contributed by atoms with E-state index >= 15 is 0 Å². The van der Waals surface area contributed by atoms with Gasteiger partial charge in [-0.1, -0.05) is 0 Å². The van der Waals surface area contributed by atoms with Gasteiger partial charge in [-0.05, 0) is 12.1 Å². The number of aromatic nitrogens is 1. The Morgan fingerprint density at radius 2 is 2.25 bits per heavy atom. The second-order valence-electron chi connectivity index (χ2n) is 3.25. The minimum absolute atomic E-state index is 0.0988. The van der Waals surface area contributed by atoms with Crippen molar-refractivity contribution in [3.8, 4) is 5.75 Å². The van der Waals surface area contributed by atoms with Crippen LogP contribution in [0.1, 0.15) is 20.8 Å². The fraction of sp³-hybridized carbons (Fsp3) is 0.0909. The molecule has 0 saturated carbocycles. The van der Waals surface area contributed by atoms with Crippen LogP contribution in [0, 0.1) is 0 Å². The number of aromatic carboxylic acids is 1. The van der Waals surface area contributed by atoms with E-state index < -0.39 is 5.97 Å². The van der Waals surface area contributed by atoms with Crippen molar-refractivity contribution in [1.82, 2.24) is 4.98 Å². The maximum atomic E-state index is 10.9. The highest BCUT2D eigenvalue weighted by Gasteiger charge is 2.16. The Labute approximate surface area is 90.6 Å². The van der Waals surface area contributed by atoms with Crippen LogP contribution in [0.2, 0.25) is 0 Å². The molecule has 0 spiro atoms. The van der Waals surface area contributed by atoms with E-state index in [1.807, 2.05) is 0 Å². The lowest BCUT2D eigenvalue weighted by atomic mass is 10.1. The molecule has 0 fully saturated rings. The standard InChI is InChI=1S/C11H9NO4/c1-16-6-2-3-7-8(5-13)10(11(14)15)12-9(7)4-6/h2-5,12H,1H3,(H,14,15). The van der Waals surface area contributed by atoms with E-state index in [9.17, 15) is 9.59 Å². The smallest absolute Gasteiger partial charge is 0.353 e. The zero-order valence-corrected chi connectivity index (χ0v) is 8.48. The Morgan fingerprint density at radius 1 is 1.50 bits per heavy atom. The first-order valence-corrected chi connectivity index (χ1v) is 4.55. The number of carboxylic acid groups (broad SMARTS) is 1. The van der Waals surface area contributed by atoms with Crippen LogP contribution < -0.4 is 4.74 Å². The molecule has 0 radical (unpaired) electrons. The minimum Gasteiger partial charge on any atom is -0.497 e. The summed E-state index contributed by atoms with van der Waals surface area (Å²) in [5.41, 5.74) is 0.627. The minimum atomic E-state index is -1.16. The first kappa shape index (κ1) is 10.2. The lowest BCUT2D eigenvalue weighted by Gasteiger charge is -1.98. The van der Waals surface area contributed by atoms with Crippen molar-refractivity contribution in [3.63, 3.8) is 0 Å². The SMILES string of the molecule is COc1ccc2c(C=O)c(C(=O)O)[nH]c2c1. The van der Waals surface area contributed by atoms with E-state index in [1.54, 1.807) is 18.2 Å². The van der Waals surface area contributed by atoms with Gasteiger partial charge in [0.15, 0.2) is 6.29 Å². The molecule has 2 rings (SSSR count). The van der Waals surface area contributed by atoms with Gasteiger partial charge in [-0.15, -0.1) is 0 Å². The Kier molecular flexibility index (Phi) is 2.36. The number of carboxylic acids is 1. The molecule has 2 aromatic rings. The van der Waals surface area contributed by atoms with Gasteiger partial charge in [-0.3, -0.25) is 4.79 Å². The maximum absolute atomic E-state index is 10.9. The van der Waals surface area contributed by atoms with Gasteiger partial charge in [-0.2, -0.15) is 0 Å². The highest BCUT2D eigenvalue weighted by atomic mass is 16.5. The number of aromatic amines is 1. The van der Waals surface area contributed by atoms with Crippen LogP contribution in [0.4, 0.5) is 0 Å². The molecule has 0 aliphatic carbocycles. The first-order valence-electron chi connectivity index (χ1n) is 4.55. The molecule has 5 heteroatoms. The largest absolute Gasteiger partial charge is 0.497 e. The van der Waals surface area contributed by atoms with Crippen molar-refractivity contribution >= 4 is 23.2 Å². The number of rotatable bonds is 3. The van der Waals surface area contributed by atoms with Crippen molar-refractivity contribution < 1.29 is 19.4 Å². The number of benzene rings is 1. The Hall–Kier alpha value is -2.30. The monoisotopic (exact) mass is 219 g/mol. The Balaban J connectivity index is 2.76. The number of carbonyl (C=O) groups excluding carboxylic acids is 1. The van der Waals surface area contributed by atoms with E-state index in [1.165, 1.54) is 7.11 Å². The average molecular weight is 219 g/mol. The molecule has 0 bridgehead atoms.